The first-order chi connectivity index (χ1) is 28.6. The summed E-state index contributed by atoms with van der Waals surface area (Å²) < 4.78 is 10.9. The average Bonchev–Trinajstić information content (AvgIpc) is 3.91. The number of anilines is 2. The molecule has 5 atom stereocenters. The lowest BCUT2D eigenvalue weighted by atomic mass is 9.58. The van der Waals surface area contributed by atoms with Crippen LogP contribution >= 0.6 is 0 Å². The highest BCUT2D eigenvalue weighted by molar-refractivity contribution is 5.92. The summed E-state index contributed by atoms with van der Waals surface area (Å²) in [6, 6.07) is 25.5. The van der Waals surface area contributed by atoms with E-state index in [1.165, 1.54) is 20.3 Å². The molecule has 0 amide bonds. The number of nitrogens with zero attached hydrogens (tertiary/aromatic N) is 2. The molecule has 1 spiro atoms. The molecule has 2 bridgehead atoms. The van der Waals surface area contributed by atoms with Crippen LogP contribution in [-0.2, 0) is 29.5 Å². The number of phenolic OH excluding ortho intramolecular Hbond substituents is 4. The summed E-state index contributed by atoms with van der Waals surface area (Å²) in [7, 11) is 2.91. The van der Waals surface area contributed by atoms with E-state index in [0.29, 0.717) is 49.2 Å². The summed E-state index contributed by atoms with van der Waals surface area (Å²) in [5, 5.41) is 60.3. The number of fused-ring (bicyclic) bond motifs is 6. The van der Waals surface area contributed by atoms with Gasteiger partial charge in [0.25, 0.3) is 0 Å². The van der Waals surface area contributed by atoms with Crippen molar-refractivity contribution in [2.24, 2.45) is 11.8 Å². The standard InChI is InChI=1S/C48H50N3O8/c1-58-43-21-28(7-15-39(43)53)8-16-40(54)46-41(55)23-29(31-24-42(56)47(57)44(25-31)59-2)9-12-37-36-13-11-35(52)22-30(36)10-14-38(37)51-45-27-33(17-20-50-45)48(46)18-3-5-32(48)26-34-6-4-19-49-34/h4,6-7,10-11,13-15,17,19-22,24-25,27,29,32,40,46,52-54,56-57H,3,5,8-9,12,16,18,23,26H2,1-2H3,(H,50,51)/q-1/t29-,32-,40-,46-,48-/m1/s1. The number of pyridine rings is 1. The molecule has 0 unspecified atom stereocenters. The Labute approximate surface area is 343 Å². The summed E-state index contributed by atoms with van der Waals surface area (Å²) >= 11 is 0. The minimum atomic E-state index is -1.07. The zero-order valence-electron chi connectivity index (χ0n) is 33.3. The molecule has 306 valence electrons. The summed E-state index contributed by atoms with van der Waals surface area (Å²) in [5.41, 5.74) is 4.32. The predicted octanol–water partition coefficient (Wildman–Crippen LogP) is 8.35. The van der Waals surface area contributed by atoms with Crippen LogP contribution in [0.4, 0.5) is 11.5 Å². The van der Waals surface area contributed by atoms with E-state index in [1.54, 1.807) is 48.8 Å². The van der Waals surface area contributed by atoms with Gasteiger partial charge in [-0.05, 0) is 144 Å². The monoisotopic (exact) mass is 796 g/mol. The molecular weight excluding hydrogens is 747 g/mol. The minimum absolute atomic E-state index is 0.0226. The number of aromatic hydroxyl groups is 4. The molecule has 11 heteroatoms. The van der Waals surface area contributed by atoms with Gasteiger partial charge >= 0.3 is 0 Å². The number of nitrogens with one attached hydrogen (secondary N) is 1. The van der Waals surface area contributed by atoms with E-state index >= 15 is 4.79 Å². The molecule has 1 aliphatic heterocycles. The van der Waals surface area contributed by atoms with Gasteiger partial charge in [0.1, 0.15) is 17.4 Å². The van der Waals surface area contributed by atoms with Crippen LogP contribution in [0.25, 0.3) is 10.8 Å². The van der Waals surface area contributed by atoms with Gasteiger partial charge in [-0.15, -0.1) is 0 Å². The van der Waals surface area contributed by atoms with Gasteiger partial charge in [-0.2, -0.15) is 11.9 Å². The van der Waals surface area contributed by atoms with Crippen molar-refractivity contribution < 1.29 is 39.8 Å². The Morgan fingerprint density at radius 2 is 1.76 bits per heavy atom. The van der Waals surface area contributed by atoms with Crippen LogP contribution in [0.5, 0.6) is 34.5 Å². The molecule has 2 aromatic heterocycles. The molecule has 0 radical (unpaired) electrons. The second-order valence-electron chi connectivity index (χ2n) is 16.1. The number of aliphatic hydroxyl groups is 1. The molecule has 59 heavy (non-hydrogen) atoms. The molecule has 3 heterocycles. The van der Waals surface area contributed by atoms with Gasteiger partial charge in [0, 0.05) is 23.7 Å². The topological polar surface area (TPSA) is 176 Å². The van der Waals surface area contributed by atoms with E-state index < -0.39 is 23.4 Å². The van der Waals surface area contributed by atoms with Crippen LogP contribution in [-0.4, -0.2) is 56.6 Å². The van der Waals surface area contributed by atoms with Gasteiger partial charge in [0.05, 0.1) is 26.2 Å². The van der Waals surface area contributed by atoms with E-state index in [9.17, 15) is 25.5 Å². The number of aliphatic hydroxyl groups excluding tert-OH is 1. The fourth-order valence-corrected chi connectivity index (χ4v) is 10.0. The maximum atomic E-state index is 15.7. The normalized spacial score (nSPS) is 21.2. The lowest BCUT2D eigenvalue weighted by Crippen LogP contribution is -2.50. The average molecular weight is 797 g/mol. The van der Waals surface area contributed by atoms with Gasteiger partial charge in [-0.1, -0.05) is 36.8 Å². The molecule has 11 nitrogen and oxygen atoms in total. The van der Waals surface area contributed by atoms with E-state index in [-0.39, 0.29) is 53.3 Å². The third kappa shape index (κ3) is 7.74. The summed E-state index contributed by atoms with van der Waals surface area (Å²) in [6.45, 7) is 0. The molecule has 6 aromatic rings. The van der Waals surface area contributed by atoms with Crippen LogP contribution in [0.3, 0.4) is 0 Å². The highest BCUT2D eigenvalue weighted by atomic mass is 16.5. The first-order valence-electron chi connectivity index (χ1n) is 20.3. The molecular formula is C48H50N3O8-. The Morgan fingerprint density at radius 3 is 2.56 bits per heavy atom. The number of benzene rings is 4. The number of carbonyl (C=O) groups excluding carboxylic acids is 1. The Morgan fingerprint density at radius 1 is 0.915 bits per heavy atom. The van der Waals surface area contributed by atoms with E-state index in [4.69, 9.17) is 14.5 Å². The Bertz CT molecular complexity index is 2470. The Balaban J connectivity index is 1.30. The zero-order valence-corrected chi connectivity index (χ0v) is 33.3. The van der Waals surface area contributed by atoms with Gasteiger partial charge in [-0.25, -0.2) is 4.98 Å². The number of ketones is 1. The molecule has 2 aliphatic rings. The lowest BCUT2D eigenvalue weighted by molar-refractivity contribution is -0.132. The smallest absolute Gasteiger partial charge is 0.200 e. The molecule has 6 N–H and O–H groups in total. The van der Waals surface area contributed by atoms with Crippen molar-refractivity contribution in [3.05, 3.63) is 125 Å². The lowest BCUT2D eigenvalue weighted by Gasteiger charge is -2.45. The highest BCUT2D eigenvalue weighted by Gasteiger charge is 2.54. The van der Waals surface area contributed by atoms with Crippen molar-refractivity contribution in [3.63, 3.8) is 0 Å². The summed E-state index contributed by atoms with van der Waals surface area (Å²) in [6.07, 6.45) is 7.15. The van der Waals surface area contributed by atoms with Crippen LogP contribution in [0, 0.1) is 11.8 Å². The molecule has 1 saturated carbocycles. The minimum Gasteiger partial charge on any atom is -0.668 e. The number of Topliss-reactive ketones (excluding diaryl/α,β-unsaturated/α-hetero) is 1. The van der Waals surface area contributed by atoms with Crippen LogP contribution in [0.15, 0.2) is 97.3 Å². The number of phenols is 4. The second kappa shape index (κ2) is 16.6. The van der Waals surface area contributed by atoms with Crippen molar-refractivity contribution in [1.82, 2.24) is 9.97 Å². The number of carbonyl (C=O) groups is 1. The second-order valence-corrected chi connectivity index (χ2v) is 16.1. The SMILES string of the molecule is COc1cc(CC[C@@H](O)[C@@H]2C(=O)C[C@H](c3cc(O)c(O)c(OC)c3)CCc3c(ccc4cc(O)ccc34)Nc3cc(ccn3)[C@]23CCC[C@@H]3Cc2ccc[n-]2)ccc1O. The number of aryl methyl sites for hydroxylation is 2. The van der Waals surface area contributed by atoms with Gasteiger partial charge < -0.3 is 45.3 Å². The third-order valence-corrected chi connectivity index (χ3v) is 12.8. The number of aromatic nitrogens is 2. The van der Waals surface area contributed by atoms with Gasteiger partial charge in [0.2, 0.25) is 5.75 Å². The van der Waals surface area contributed by atoms with Crippen molar-refractivity contribution >= 4 is 28.1 Å². The molecule has 4 aromatic carbocycles. The quantitative estimate of drug-likeness (QED) is 0.0776. The summed E-state index contributed by atoms with van der Waals surface area (Å²) in [5.74, 6) is -0.976. The van der Waals surface area contributed by atoms with Crippen molar-refractivity contribution in [2.75, 3.05) is 19.5 Å². The maximum absolute atomic E-state index is 15.7. The number of hydrogen-bond acceptors (Lipinski definition) is 10. The Kier molecular flexibility index (Phi) is 11.1. The fraction of sp³-hybridized carbons (Fsp3) is 0.333. The zero-order chi connectivity index (χ0) is 41.3. The Hall–Kier alpha value is -6.20. The predicted molar refractivity (Wildman–Crippen MR) is 225 cm³/mol. The van der Waals surface area contributed by atoms with E-state index in [2.05, 4.69) is 10.3 Å². The maximum Gasteiger partial charge on any atom is 0.200 e. The highest BCUT2D eigenvalue weighted by Crippen LogP contribution is 2.55. The van der Waals surface area contributed by atoms with Crippen molar-refractivity contribution in [3.8, 4) is 34.5 Å². The molecule has 1 aliphatic carbocycles. The van der Waals surface area contributed by atoms with Crippen LogP contribution in [0.2, 0.25) is 0 Å². The number of rotatable bonds is 9. The van der Waals surface area contributed by atoms with Crippen LogP contribution < -0.4 is 19.8 Å². The fourth-order valence-electron chi connectivity index (χ4n) is 10.0. The van der Waals surface area contributed by atoms with E-state index in [0.717, 1.165) is 51.7 Å². The van der Waals surface area contributed by atoms with E-state index in [1.807, 2.05) is 42.5 Å². The first kappa shape index (κ1) is 39.6. The van der Waals surface area contributed by atoms with Gasteiger partial charge in [0.15, 0.2) is 23.0 Å². The summed E-state index contributed by atoms with van der Waals surface area (Å²) in [4.78, 5) is 25.1. The molecule has 0 saturated heterocycles. The number of ether oxygens (including phenoxy) is 2. The van der Waals surface area contributed by atoms with Crippen LogP contribution in [0.1, 0.15) is 72.4 Å². The largest absolute Gasteiger partial charge is 0.668 e. The number of hydrogen-bond donors (Lipinski definition) is 6. The van der Waals surface area contributed by atoms with Crippen molar-refractivity contribution in [2.45, 2.75) is 75.2 Å². The number of methoxy groups -OCH3 is 2. The first-order valence-corrected chi connectivity index (χ1v) is 20.3. The molecule has 1 fully saturated rings. The van der Waals surface area contributed by atoms with Crippen molar-refractivity contribution in [1.29, 1.82) is 0 Å². The van der Waals surface area contributed by atoms with Gasteiger partial charge in [-0.3, -0.25) is 4.79 Å². The third-order valence-electron chi connectivity index (χ3n) is 12.8. The molecule has 8 rings (SSSR count).